The van der Waals surface area contributed by atoms with E-state index in [1.54, 1.807) is 23.5 Å². The standard InChI is InChI=1S/C21H24N4OS/c1-13-5-8-20(26)25(23-13)16-6-7-18-19(12-16)27-21(22-18)15-10-17(11-15)24-9-3-4-14(24)2/h5-8,12,14-15,17H,3-4,9-11H2,1-2H3/t14-,15-,17-/m0/s1. The number of rotatable bonds is 3. The highest BCUT2D eigenvalue weighted by atomic mass is 32.1. The summed E-state index contributed by atoms with van der Waals surface area (Å²) in [7, 11) is 0. The molecule has 1 aromatic carbocycles. The first-order valence-electron chi connectivity index (χ1n) is 9.82. The van der Waals surface area contributed by atoms with Crippen molar-refractivity contribution in [3.05, 3.63) is 51.4 Å². The lowest BCUT2D eigenvalue weighted by Crippen LogP contribution is -2.45. The lowest BCUT2D eigenvalue weighted by atomic mass is 9.79. The van der Waals surface area contributed by atoms with Crippen LogP contribution in [-0.2, 0) is 0 Å². The van der Waals surface area contributed by atoms with Gasteiger partial charge >= 0.3 is 0 Å². The minimum absolute atomic E-state index is 0.105. The van der Waals surface area contributed by atoms with Crippen molar-refractivity contribution < 1.29 is 0 Å². The Morgan fingerprint density at radius 2 is 2.04 bits per heavy atom. The van der Waals surface area contributed by atoms with E-state index in [2.05, 4.69) is 16.9 Å². The van der Waals surface area contributed by atoms with Crippen molar-refractivity contribution in [1.29, 1.82) is 0 Å². The summed E-state index contributed by atoms with van der Waals surface area (Å²) < 4.78 is 2.61. The number of hydrogen-bond acceptors (Lipinski definition) is 5. The van der Waals surface area contributed by atoms with Gasteiger partial charge in [-0.3, -0.25) is 9.69 Å². The third-order valence-electron chi connectivity index (χ3n) is 6.10. The molecule has 1 aliphatic heterocycles. The van der Waals surface area contributed by atoms with Crippen LogP contribution in [0.3, 0.4) is 0 Å². The third-order valence-corrected chi connectivity index (χ3v) is 7.28. The first-order valence-corrected chi connectivity index (χ1v) is 10.6. The normalized spacial score (nSPS) is 25.8. The number of likely N-dealkylation sites (tertiary alicyclic amines) is 1. The zero-order chi connectivity index (χ0) is 18.5. The number of fused-ring (bicyclic) bond motifs is 1. The minimum atomic E-state index is -0.105. The fourth-order valence-electron chi connectivity index (χ4n) is 4.48. The molecule has 27 heavy (non-hydrogen) atoms. The van der Waals surface area contributed by atoms with Crippen LogP contribution >= 0.6 is 11.3 Å². The van der Waals surface area contributed by atoms with Crippen molar-refractivity contribution in [2.45, 2.75) is 57.5 Å². The molecular weight excluding hydrogens is 356 g/mol. The number of benzene rings is 1. The molecule has 3 aromatic rings. The molecule has 0 amide bonds. The molecule has 0 bridgehead atoms. The minimum Gasteiger partial charge on any atom is -0.298 e. The lowest BCUT2D eigenvalue weighted by Gasteiger charge is -2.42. The largest absolute Gasteiger partial charge is 0.298 e. The second kappa shape index (κ2) is 6.53. The van der Waals surface area contributed by atoms with Crippen molar-refractivity contribution in [2.24, 2.45) is 0 Å². The fraction of sp³-hybridized carbons (Fsp3) is 0.476. The monoisotopic (exact) mass is 380 g/mol. The van der Waals surface area contributed by atoms with E-state index in [9.17, 15) is 4.79 Å². The number of hydrogen-bond donors (Lipinski definition) is 0. The van der Waals surface area contributed by atoms with E-state index in [1.807, 2.05) is 25.1 Å². The summed E-state index contributed by atoms with van der Waals surface area (Å²) in [4.78, 5) is 19.7. The van der Waals surface area contributed by atoms with Gasteiger partial charge in [0.1, 0.15) is 0 Å². The van der Waals surface area contributed by atoms with Crippen LogP contribution < -0.4 is 5.56 Å². The molecule has 2 aromatic heterocycles. The second-order valence-electron chi connectivity index (χ2n) is 7.98. The smallest absolute Gasteiger partial charge is 0.271 e. The van der Waals surface area contributed by atoms with Crippen LogP contribution in [0.2, 0.25) is 0 Å². The topological polar surface area (TPSA) is 51.0 Å². The fourth-order valence-corrected chi connectivity index (χ4v) is 5.61. The van der Waals surface area contributed by atoms with E-state index in [1.165, 1.54) is 41.9 Å². The molecule has 1 saturated heterocycles. The zero-order valence-electron chi connectivity index (χ0n) is 15.8. The van der Waals surface area contributed by atoms with Gasteiger partial charge in [-0.1, -0.05) is 0 Å². The summed E-state index contributed by atoms with van der Waals surface area (Å²) in [5.41, 5.74) is 2.56. The van der Waals surface area contributed by atoms with Crippen LogP contribution in [0.4, 0.5) is 0 Å². The summed E-state index contributed by atoms with van der Waals surface area (Å²) >= 11 is 1.77. The maximum atomic E-state index is 12.1. The first-order chi connectivity index (χ1) is 13.1. The molecule has 6 heteroatoms. The molecule has 0 radical (unpaired) electrons. The summed E-state index contributed by atoms with van der Waals surface area (Å²) in [5.74, 6) is 0.587. The predicted octanol–water partition coefficient (Wildman–Crippen LogP) is 3.88. The van der Waals surface area contributed by atoms with Crippen LogP contribution in [0.1, 0.15) is 49.2 Å². The van der Waals surface area contributed by atoms with E-state index in [4.69, 9.17) is 4.98 Å². The Kier molecular flexibility index (Phi) is 4.13. The third kappa shape index (κ3) is 3.01. The van der Waals surface area contributed by atoms with E-state index in [-0.39, 0.29) is 5.56 Å². The average molecular weight is 381 g/mol. The molecule has 140 valence electrons. The molecule has 0 N–H and O–H groups in total. The number of aryl methyl sites for hydroxylation is 1. The highest BCUT2D eigenvalue weighted by Gasteiger charge is 2.39. The van der Waals surface area contributed by atoms with Crippen molar-refractivity contribution in [2.75, 3.05) is 6.54 Å². The summed E-state index contributed by atoms with van der Waals surface area (Å²) in [6.45, 7) is 5.52. The molecule has 0 spiro atoms. The van der Waals surface area contributed by atoms with Crippen LogP contribution in [-0.4, -0.2) is 38.3 Å². The Morgan fingerprint density at radius 1 is 1.19 bits per heavy atom. The van der Waals surface area contributed by atoms with Gasteiger partial charge in [0.15, 0.2) is 0 Å². The van der Waals surface area contributed by atoms with Gasteiger partial charge in [-0.2, -0.15) is 9.78 Å². The maximum Gasteiger partial charge on any atom is 0.271 e. The Morgan fingerprint density at radius 3 is 2.81 bits per heavy atom. The molecular formula is C21H24N4OS. The molecule has 5 nitrogen and oxygen atoms in total. The van der Waals surface area contributed by atoms with Crippen LogP contribution in [0.25, 0.3) is 15.9 Å². The van der Waals surface area contributed by atoms with E-state index < -0.39 is 0 Å². The Hall–Kier alpha value is -2.05. The van der Waals surface area contributed by atoms with Crippen LogP contribution in [0.15, 0.2) is 35.1 Å². The Labute approximate surface area is 162 Å². The van der Waals surface area contributed by atoms with Gasteiger partial charge in [-0.25, -0.2) is 4.98 Å². The van der Waals surface area contributed by atoms with E-state index in [0.717, 1.165) is 33.7 Å². The van der Waals surface area contributed by atoms with Crippen LogP contribution in [0, 0.1) is 6.92 Å². The van der Waals surface area contributed by atoms with E-state index in [0.29, 0.717) is 5.92 Å². The van der Waals surface area contributed by atoms with Gasteiger partial charge in [0.25, 0.3) is 5.56 Å². The Balaban J connectivity index is 1.39. The first kappa shape index (κ1) is 17.1. The maximum absolute atomic E-state index is 12.1. The quantitative estimate of drug-likeness (QED) is 0.692. The lowest BCUT2D eigenvalue weighted by molar-refractivity contribution is 0.103. The number of thiazole rings is 1. The molecule has 5 rings (SSSR count). The number of nitrogens with zero attached hydrogens (tertiary/aromatic N) is 4. The SMILES string of the molecule is Cc1ccc(=O)n(-c2ccc3nc([C@H]4C[C@H](N5CCC[C@@H]5C)C4)sc3c2)n1. The van der Waals surface area contributed by atoms with Gasteiger partial charge < -0.3 is 0 Å². The van der Waals surface area contributed by atoms with Crippen LogP contribution in [0.5, 0.6) is 0 Å². The Bertz CT molecular complexity index is 1050. The number of aromatic nitrogens is 3. The molecule has 1 atom stereocenters. The molecule has 2 fully saturated rings. The average Bonchev–Trinajstić information content (AvgIpc) is 3.21. The molecule has 3 heterocycles. The molecule has 0 unspecified atom stereocenters. The van der Waals surface area contributed by atoms with Gasteiger partial charge in [-0.05, 0) is 70.3 Å². The van der Waals surface area contributed by atoms with Crippen molar-refractivity contribution >= 4 is 21.6 Å². The van der Waals surface area contributed by atoms with Gasteiger partial charge in [-0.15, -0.1) is 11.3 Å². The van der Waals surface area contributed by atoms with Gasteiger partial charge in [0.05, 0.1) is 26.6 Å². The van der Waals surface area contributed by atoms with Crippen molar-refractivity contribution in [1.82, 2.24) is 19.7 Å². The molecule has 1 aliphatic carbocycles. The highest BCUT2D eigenvalue weighted by molar-refractivity contribution is 7.18. The molecule has 2 aliphatic rings. The summed E-state index contributed by atoms with van der Waals surface area (Å²) in [6, 6.07) is 10.8. The zero-order valence-corrected chi connectivity index (χ0v) is 16.6. The molecule has 1 saturated carbocycles. The predicted molar refractivity (Wildman–Crippen MR) is 109 cm³/mol. The van der Waals surface area contributed by atoms with Gasteiger partial charge in [0.2, 0.25) is 0 Å². The van der Waals surface area contributed by atoms with Crippen molar-refractivity contribution in [3.8, 4) is 5.69 Å². The van der Waals surface area contributed by atoms with Crippen molar-refractivity contribution in [3.63, 3.8) is 0 Å². The summed E-state index contributed by atoms with van der Waals surface area (Å²) in [6.07, 6.45) is 5.15. The van der Waals surface area contributed by atoms with E-state index >= 15 is 0 Å². The second-order valence-corrected chi connectivity index (χ2v) is 9.04. The summed E-state index contributed by atoms with van der Waals surface area (Å²) in [5, 5.41) is 5.61. The highest BCUT2D eigenvalue weighted by Crippen LogP contribution is 2.44. The van der Waals surface area contributed by atoms with Gasteiger partial charge in [0, 0.05) is 24.1 Å².